The van der Waals surface area contributed by atoms with Crippen molar-refractivity contribution >= 4 is 0 Å². The summed E-state index contributed by atoms with van der Waals surface area (Å²) in [6, 6.07) is 7.51. The fraction of sp³-hybridized carbons (Fsp3) is 0.625. The fourth-order valence-corrected chi connectivity index (χ4v) is 3.57. The maximum absolute atomic E-state index is 5.38. The summed E-state index contributed by atoms with van der Waals surface area (Å²) >= 11 is 0. The summed E-state index contributed by atoms with van der Waals surface area (Å²) in [5.41, 5.74) is 2.88. The largest absolute Gasteiger partial charge is 0.497 e. The standard InChI is InChI=1S/C16H25N3O/c1-17-16-14-11-13(20-3)5-4-12(14)10-15(16)19-8-6-18(2)7-9-19/h4-5,11,15-17H,6-10H2,1-3H3. The first-order valence-electron chi connectivity index (χ1n) is 7.49. The van der Waals surface area contributed by atoms with Crippen LogP contribution in [0.4, 0.5) is 0 Å². The number of hydrogen-bond acceptors (Lipinski definition) is 4. The topological polar surface area (TPSA) is 27.7 Å². The maximum atomic E-state index is 5.38. The van der Waals surface area contributed by atoms with Gasteiger partial charge in [0.25, 0.3) is 0 Å². The number of hydrogen-bond donors (Lipinski definition) is 1. The quantitative estimate of drug-likeness (QED) is 0.895. The SMILES string of the molecule is CNC1c2cc(OC)ccc2CC1N1CCN(C)CC1. The van der Waals surface area contributed by atoms with Crippen LogP contribution in [0.25, 0.3) is 0 Å². The molecule has 0 spiro atoms. The van der Waals surface area contributed by atoms with Crippen molar-refractivity contribution in [2.45, 2.75) is 18.5 Å². The zero-order valence-electron chi connectivity index (χ0n) is 12.7. The third-order valence-electron chi connectivity index (χ3n) is 4.82. The number of benzene rings is 1. The lowest BCUT2D eigenvalue weighted by molar-refractivity contribution is 0.0980. The van der Waals surface area contributed by atoms with Crippen LogP contribution in [-0.2, 0) is 6.42 Å². The molecule has 4 heteroatoms. The Morgan fingerprint density at radius 1 is 1.20 bits per heavy atom. The molecule has 1 saturated heterocycles. The van der Waals surface area contributed by atoms with E-state index in [2.05, 4.69) is 47.4 Å². The number of fused-ring (bicyclic) bond motifs is 1. The Balaban J connectivity index is 1.81. The molecule has 1 heterocycles. The minimum atomic E-state index is 0.420. The van der Waals surface area contributed by atoms with Crippen LogP contribution in [0.1, 0.15) is 17.2 Å². The Kier molecular flexibility index (Phi) is 3.96. The van der Waals surface area contributed by atoms with Crippen molar-refractivity contribution in [2.24, 2.45) is 0 Å². The number of ether oxygens (including phenoxy) is 1. The van der Waals surface area contributed by atoms with Crippen LogP contribution in [0.2, 0.25) is 0 Å². The molecule has 1 aromatic carbocycles. The molecule has 2 atom stereocenters. The van der Waals surface area contributed by atoms with E-state index in [1.165, 1.54) is 37.3 Å². The summed E-state index contributed by atoms with van der Waals surface area (Å²) in [6.45, 7) is 4.69. The van der Waals surface area contributed by atoms with Gasteiger partial charge >= 0.3 is 0 Å². The van der Waals surface area contributed by atoms with Crippen LogP contribution in [0.5, 0.6) is 5.75 Å². The number of methoxy groups -OCH3 is 1. The first-order valence-corrected chi connectivity index (χ1v) is 7.49. The predicted molar refractivity (Wildman–Crippen MR) is 81.4 cm³/mol. The van der Waals surface area contributed by atoms with Crippen molar-refractivity contribution in [1.82, 2.24) is 15.1 Å². The molecule has 2 unspecified atom stereocenters. The molecule has 0 amide bonds. The highest BCUT2D eigenvalue weighted by Gasteiger charge is 2.36. The van der Waals surface area contributed by atoms with E-state index in [1.807, 2.05) is 0 Å². The van der Waals surface area contributed by atoms with Crippen LogP contribution in [0.15, 0.2) is 18.2 Å². The zero-order valence-corrected chi connectivity index (χ0v) is 12.7. The van der Waals surface area contributed by atoms with Gasteiger partial charge in [0.15, 0.2) is 0 Å². The summed E-state index contributed by atoms with van der Waals surface area (Å²) in [4.78, 5) is 5.06. The summed E-state index contributed by atoms with van der Waals surface area (Å²) in [7, 11) is 6.02. The molecule has 2 aliphatic rings. The number of piperazine rings is 1. The van der Waals surface area contributed by atoms with Crippen molar-refractivity contribution in [2.75, 3.05) is 47.4 Å². The molecule has 1 aliphatic heterocycles. The van der Waals surface area contributed by atoms with Gasteiger partial charge in [-0.05, 0) is 43.8 Å². The molecule has 1 aromatic rings. The van der Waals surface area contributed by atoms with E-state index in [0.29, 0.717) is 12.1 Å². The highest BCUT2D eigenvalue weighted by molar-refractivity contribution is 5.42. The smallest absolute Gasteiger partial charge is 0.119 e. The molecule has 0 saturated carbocycles. The first-order chi connectivity index (χ1) is 9.72. The highest BCUT2D eigenvalue weighted by atomic mass is 16.5. The molecule has 1 aliphatic carbocycles. The van der Waals surface area contributed by atoms with Crippen molar-refractivity contribution in [3.05, 3.63) is 29.3 Å². The Hall–Kier alpha value is -1.10. The van der Waals surface area contributed by atoms with E-state index in [1.54, 1.807) is 7.11 Å². The van der Waals surface area contributed by atoms with Gasteiger partial charge in [-0.25, -0.2) is 0 Å². The second-order valence-electron chi connectivity index (χ2n) is 5.94. The lowest BCUT2D eigenvalue weighted by atomic mass is 10.1. The van der Waals surface area contributed by atoms with Gasteiger partial charge in [-0.15, -0.1) is 0 Å². The van der Waals surface area contributed by atoms with Crippen molar-refractivity contribution in [3.63, 3.8) is 0 Å². The number of rotatable bonds is 3. The van der Waals surface area contributed by atoms with Crippen LogP contribution in [0, 0.1) is 0 Å². The summed E-state index contributed by atoms with van der Waals surface area (Å²) in [6.07, 6.45) is 1.15. The molecule has 110 valence electrons. The molecule has 0 aromatic heterocycles. The molecule has 4 nitrogen and oxygen atoms in total. The normalized spacial score (nSPS) is 27.6. The molecule has 20 heavy (non-hydrogen) atoms. The predicted octanol–water partition coefficient (Wildman–Crippen LogP) is 1.13. The summed E-state index contributed by atoms with van der Waals surface area (Å²) in [5.74, 6) is 0.961. The van der Waals surface area contributed by atoms with Crippen LogP contribution in [0.3, 0.4) is 0 Å². The van der Waals surface area contributed by atoms with Crippen LogP contribution in [-0.4, -0.2) is 63.2 Å². The molecule has 3 rings (SSSR count). The van der Waals surface area contributed by atoms with Crippen molar-refractivity contribution in [1.29, 1.82) is 0 Å². The highest BCUT2D eigenvalue weighted by Crippen LogP contribution is 2.36. The van der Waals surface area contributed by atoms with E-state index in [9.17, 15) is 0 Å². The van der Waals surface area contributed by atoms with Gasteiger partial charge in [0.2, 0.25) is 0 Å². The summed E-state index contributed by atoms with van der Waals surface area (Å²) in [5, 5.41) is 3.52. The number of nitrogens with zero attached hydrogens (tertiary/aromatic N) is 2. The Labute approximate surface area is 121 Å². The second-order valence-corrected chi connectivity index (χ2v) is 5.94. The van der Waals surface area contributed by atoms with Crippen molar-refractivity contribution in [3.8, 4) is 5.75 Å². The minimum absolute atomic E-state index is 0.420. The average Bonchev–Trinajstić information content (AvgIpc) is 2.85. The minimum Gasteiger partial charge on any atom is -0.497 e. The molecule has 0 bridgehead atoms. The van der Waals surface area contributed by atoms with E-state index in [4.69, 9.17) is 4.74 Å². The number of likely N-dealkylation sites (N-methyl/N-ethyl adjacent to an activating group) is 2. The van der Waals surface area contributed by atoms with E-state index in [-0.39, 0.29) is 0 Å². The third kappa shape index (κ3) is 2.43. The maximum Gasteiger partial charge on any atom is 0.119 e. The van der Waals surface area contributed by atoms with E-state index < -0.39 is 0 Å². The van der Waals surface area contributed by atoms with Gasteiger partial charge in [0, 0.05) is 38.3 Å². The first kappa shape index (κ1) is 13.9. The van der Waals surface area contributed by atoms with Crippen molar-refractivity contribution < 1.29 is 4.74 Å². The Bertz CT molecular complexity index is 469. The monoisotopic (exact) mass is 275 g/mol. The molecule has 1 fully saturated rings. The lowest BCUT2D eigenvalue weighted by Crippen LogP contribution is -2.51. The van der Waals surface area contributed by atoms with Gasteiger partial charge in [0.1, 0.15) is 5.75 Å². The average molecular weight is 275 g/mol. The third-order valence-corrected chi connectivity index (χ3v) is 4.82. The molecular formula is C16H25N3O. The fourth-order valence-electron chi connectivity index (χ4n) is 3.57. The lowest BCUT2D eigenvalue weighted by Gasteiger charge is -2.38. The molecule has 1 N–H and O–H groups in total. The Morgan fingerprint density at radius 2 is 1.95 bits per heavy atom. The van der Waals surface area contributed by atoms with Gasteiger partial charge in [-0.3, -0.25) is 4.90 Å². The van der Waals surface area contributed by atoms with Gasteiger partial charge in [0.05, 0.1) is 7.11 Å². The zero-order chi connectivity index (χ0) is 14.1. The second kappa shape index (κ2) is 5.72. The number of nitrogens with one attached hydrogen (secondary N) is 1. The van der Waals surface area contributed by atoms with Gasteiger partial charge in [-0.2, -0.15) is 0 Å². The van der Waals surface area contributed by atoms with Crippen LogP contribution < -0.4 is 10.1 Å². The van der Waals surface area contributed by atoms with E-state index in [0.717, 1.165) is 12.2 Å². The Morgan fingerprint density at radius 3 is 2.60 bits per heavy atom. The molecular weight excluding hydrogens is 250 g/mol. The summed E-state index contributed by atoms with van der Waals surface area (Å²) < 4.78 is 5.38. The van der Waals surface area contributed by atoms with E-state index >= 15 is 0 Å². The molecule has 0 radical (unpaired) electrons. The van der Waals surface area contributed by atoms with Gasteiger partial charge < -0.3 is 15.0 Å². The van der Waals surface area contributed by atoms with Gasteiger partial charge in [-0.1, -0.05) is 6.07 Å². The van der Waals surface area contributed by atoms with Crippen LogP contribution >= 0.6 is 0 Å².